The van der Waals surface area contributed by atoms with Gasteiger partial charge in [-0.1, -0.05) is 18.6 Å². The zero-order chi connectivity index (χ0) is 24.9. The molecule has 0 bridgehead atoms. The lowest BCUT2D eigenvalue weighted by Crippen LogP contribution is -2.36. The smallest absolute Gasteiger partial charge is 0.526 e. The number of rotatable bonds is 8. The van der Waals surface area contributed by atoms with E-state index in [0.717, 1.165) is 32.1 Å². The first kappa shape index (κ1) is 25.9. The van der Waals surface area contributed by atoms with Gasteiger partial charge in [-0.2, -0.15) is 0 Å². The number of benzene rings is 1. The van der Waals surface area contributed by atoms with Gasteiger partial charge in [0.2, 0.25) is 6.29 Å². The number of carbonyl (C=O) groups is 3. The molecule has 2 aliphatic rings. The molecule has 1 N–H and O–H groups in total. The molecule has 34 heavy (non-hydrogen) atoms. The Morgan fingerprint density at radius 2 is 1.91 bits per heavy atom. The maximum absolute atomic E-state index is 13.1. The second kappa shape index (κ2) is 11.2. The van der Waals surface area contributed by atoms with E-state index in [-0.39, 0.29) is 30.3 Å². The van der Waals surface area contributed by atoms with Crippen LogP contribution in [0.2, 0.25) is 5.82 Å². The number of ether oxygens (including phenoxy) is 3. The van der Waals surface area contributed by atoms with E-state index in [9.17, 15) is 28.2 Å². The van der Waals surface area contributed by atoms with Crippen LogP contribution in [0.1, 0.15) is 74.7 Å². The van der Waals surface area contributed by atoms with E-state index < -0.39 is 49.5 Å². The molecule has 0 saturated heterocycles. The lowest BCUT2D eigenvalue weighted by Gasteiger charge is -2.28. The molecule has 1 aromatic rings. The molecule has 1 aliphatic heterocycles. The highest BCUT2D eigenvalue weighted by Crippen LogP contribution is 2.37. The van der Waals surface area contributed by atoms with Gasteiger partial charge in [0.05, 0.1) is 6.42 Å². The zero-order valence-corrected chi connectivity index (χ0v) is 19.3. The number of hydrogen-bond acceptors (Lipinski definition) is 8. The summed E-state index contributed by atoms with van der Waals surface area (Å²) >= 11 is 0. The summed E-state index contributed by atoms with van der Waals surface area (Å²) in [5.74, 6) is -5.33. The number of halogens is 2. The van der Waals surface area contributed by atoms with Gasteiger partial charge in [0.25, 0.3) is 5.92 Å². The van der Waals surface area contributed by atoms with E-state index in [2.05, 4.69) is 0 Å². The van der Waals surface area contributed by atoms with E-state index >= 15 is 0 Å². The number of para-hydroxylation sites is 1. The van der Waals surface area contributed by atoms with Crippen LogP contribution in [-0.2, 0) is 25.4 Å². The topological polar surface area (TPSA) is 108 Å². The van der Waals surface area contributed by atoms with E-state index in [4.69, 9.17) is 18.9 Å². The zero-order valence-electron chi connectivity index (χ0n) is 19.3. The summed E-state index contributed by atoms with van der Waals surface area (Å²) in [6.07, 6.45) is 1.20. The highest BCUT2D eigenvalue weighted by atomic mass is 19.3. The van der Waals surface area contributed by atoms with Gasteiger partial charge >= 0.3 is 19.2 Å². The van der Waals surface area contributed by atoms with Crippen LogP contribution < -0.4 is 4.65 Å². The van der Waals surface area contributed by atoms with Crippen molar-refractivity contribution >= 4 is 25.0 Å². The second-order valence-electron chi connectivity index (χ2n) is 8.97. The summed E-state index contributed by atoms with van der Waals surface area (Å²) < 4.78 is 47.1. The van der Waals surface area contributed by atoms with Gasteiger partial charge in [-0.25, -0.2) is 18.4 Å². The van der Waals surface area contributed by atoms with Gasteiger partial charge in [-0.15, -0.1) is 0 Å². The highest BCUT2D eigenvalue weighted by molar-refractivity contribution is 6.47. The van der Waals surface area contributed by atoms with E-state index in [1.807, 2.05) is 0 Å². The Labute approximate surface area is 197 Å². The quantitative estimate of drug-likeness (QED) is 0.329. The summed E-state index contributed by atoms with van der Waals surface area (Å²) in [4.78, 5) is 36.5. The normalized spacial score (nSPS) is 19.4. The van der Waals surface area contributed by atoms with Crippen LogP contribution in [0.15, 0.2) is 18.2 Å². The van der Waals surface area contributed by atoms with E-state index in [1.54, 1.807) is 12.1 Å². The molecule has 1 unspecified atom stereocenters. The first-order valence-electron chi connectivity index (χ1n) is 11.5. The minimum Gasteiger partial charge on any atom is -0.535 e. The summed E-state index contributed by atoms with van der Waals surface area (Å²) in [6, 6.07) is 4.63. The lowest BCUT2D eigenvalue weighted by molar-refractivity contribution is -0.125. The first-order chi connectivity index (χ1) is 16.0. The van der Waals surface area contributed by atoms with Crippen molar-refractivity contribution in [1.82, 2.24) is 0 Å². The Bertz CT molecular complexity index is 897. The van der Waals surface area contributed by atoms with Crippen molar-refractivity contribution in [2.75, 3.05) is 0 Å². The fourth-order valence-electron chi connectivity index (χ4n) is 4.25. The monoisotopic (exact) mass is 482 g/mol. The minimum absolute atomic E-state index is 0.00230. The molecule has 8 nitrogen and oxygen atoms in total. The van der Waals surface area contributed by atoms with Crippen molar-refractivity contribution in [3.63, 3.8) is 0 Å². The van der Waals surface area contributed by atoms with Gasteiger partial charge in [0.15, 0.2) is 0 Å². The molecule has 11 heteroatoms. The van der Waals surface area contributed by atoms with Gasteiger partial charge < -0.3 is 23.9 Å². The summed E-state index contributed by atoms with van der Waals surface area (Å²) in [5.41, 5.74) is 0.517. The summed E-state index contributed by atoms with van der Waals surface area (Å²) in [6.45, 7) is 2.03. The Morgan fingerprint density at radius 3 is 2.59 bits per heavy atom. The van der Waals surface area contributed by atoms with Crippen molar-refractivity contribution < 1.29 is 47.1 Å². The number of ketones is 1. The molecule has 2 atom stereocenters. The van der Waals surface area contributed by atoms with Crippen molar-refractivity contribution in [3.05, 3.63) is 29.3 Å². The largest absolute Gasteiger partial charge is 0.535 e. The third-order valence-corrected chi connectivity index (χ3v) is 5.79. The molecule has 186 valence electrons. The van der Waals surface area contributed by atoms with Crippen LogP contribution in [0.5, 0.6) is 5.75 Å². The number of Topliss-reactive ketones (excluding diaryl/α,β-unsaturated/α-hetero) is 1. The third-order valence-electron chi connectivity index (χ3n) is 5.79. The van der Waals surface area contributed by atoms with Crippen LogP contribution in [0.25, 0.3) is 0 Å². The van der Waals surface area contributed by atoms with E-state index in [0.29, 0.717) is 12.5 Å². The van der Waals surface area contributed by atoms with E-state index in [1.165, 1.54) is 13.0 Å². The fraction of sp³-hybridized carbons (Fsp3) is 0.609. The van der Waals surface area contributed by atoms with Crippen LogP contribution in [-0.4, -0.2) is 48.4 Å². The van der Waals surface area contributed by atoms with Crippen molar-refractivity contribution in [1.29, 1.82) is 0 Å². The molecule has 1 aromatic carbocycles. The molecule has 1 saturated carbocycles. The maximum Gasteiger partial charge on any atom is 0.526 e. The van der Waals surface area contributed by atoms with Crippen LogP contribution in [0.3, 0.4) is 0 Å². The molecule has 0 radical (unpaired) electrons. The second-order valence-corrected chi connectivity index (χ2v) is 8.97. The predicted molar refractivity (Wildman–Crippen MR) is 117 cm³/mol. The molecular formula is C23H29BF2O8. The molecule has 3 rings (SSSR count). The molecule has 1 aliphatic carbocycles. The Balaban J connectivity index is 1.58. The number of alkyl halides is 2. The molecule has 1 fully saturated rings. The van der Waals surface area contributed by atoms with Crippen LogP contribution in [0.4, 0.5) is 13.6 Å². The molecule has 0 spiro atoms. The number of fused-ring (bicyclic) bond motifs is 1. The third kappa shape index (κ3) is 7.41. The summed E-state index contributed by atoms with van der Waals surface area (Å²) in [7, 11) is -1.46. The maximum atomic E-state index is 13.1. The molecule has 0 amide bonds. The predicted octanol–water partition coefficient (Wildman–Crippen LogP) is 4.47. The Morgan fingerprint density at radius 1 is 1.21 bits per heavy atom. The molecular weight excluding hydrogens is 453 g/mol. The Kier molecular flexibility index (Phi) is 8.51. The van der Waals surface area contributed by atoms with Gasteiger partial charge in [0, 0.05) is 19.2 Å². The molecule has 1 heterocycles. The van der Waals surface area contributed by atoms with Crippen molar-refractivity contribution in [3.8, 4) is 5.75 Å². The summed E-state index contributed by atoms with van der Waals surface area (Å²) in [5, 5.41) is 10.3. The van der Waals surface area contributed by atoms with Crippen molar-refractivity contribution in [2.45, 2.75) is 89.3 Å². The number of carbonyl (C=O) groups excluding carboxylic acids is 3. The average Bonchev–Trinajstić information content (AvgIpc) is 2.73. The van der Waals surface area contributed by atoms with Crippen LogP contribution >= 0.6 is 0 Å². The van der Waals surface area contributed by atoms with Gasteiger partial charge in [0.1, 0.15) is 23.2 Å². The SMILES string of the molecule is CC(OC(=O)OC1CCCCC1)OC(=O)c1cccc2c1OB(O)[C@@H](CC(=O)CC(C)(F)F)C2. The fourth-order valence-corrected chi connectivity index (χ4v) is 4.25. The van der Waals surface area contributed by atoms with Gasteiger partial charge in [-0.05, 0) is 50.7 Å². The van der Waals surface area contributed by atoms with Gasteiger partial charge in [-0.3, -0.25) is 4.79 Å². The standard InChI is InChI=1S/C23H29BF2O8/c1-14(32-22(29)33-18-8-4-3-5-9-18)31-21(28)19-10-6-7-15-11-16(24(30)34-20(15)19)12-17(27)13-23(2,25)26/h6-7,10,14,16,18,30H,3-5,8-9,11-13H2,1-2H3/t14?,16-/m1/s1. The highest BCUT2D eigenvalue weighted by Gasteiger charge is 2.39. The average molecular weight is 482 g/mol. The molecule has 0 aromatic heterocycles. The lowest BCUT2D eigenvalue weighted by atomic mass is 9.64. The van der Waals surface area contributed by atoms with Crippen molar-refractivity contribution in [2.24, 2.45) is 0 Å². The number of hydrogen-bond donors (Lipinski definition) is 1. The first-order valence-corrected chi connectivity index (χ1v) is 11.5. The number of esters is 1. The Hall–Kier alpha value is -2.69. The minimum atomic E-state index is -3.13. The van der Waals surface area contributed by atoms with Crippen LogP contribution in [0, 0.1) is 0 Å².